The van der Waals surface area contributed by atoms with Crippen LogP contribution in [0.25, 0.3) is 0 Å². The van der Waals surface area contributed by atoms with Crippen LogP contribution in [-0.2, 0) is 4.74 Å². The summed E-state index contributed by atoms with van der Waals surface area (Å²) in [5.74, 6) is 1.56. The largest absolute Gasteiger partial charge is 0.379 e. The lowest BCUT2D eigenvalue weighted by atomic mass is 10.0. The Hall–Kier alpha value is -0.0800. The minimum atomic E-state index is 0. The zero-order valence-corrected chi connectivity index (χ0v) is 14.9. The van der Waals surface area contributed by atoms with Crippen LogP contribution in [-0.4, -0.2) is 63.8 Å². The Labute approximate surface area is 134 Å². The fourth-order valence-corrected chi connectivity index (χ4v) is 2.34. The van der Waals surface area contributed by atoms with E-state index in [1.807, 2.05) is 7.05 Å². The number of rotatable bonds is 5. The van der Waals surface area contributed by atoms with E-state index in [0.717, 1.165) is 38.8 Å². The maximum absolute atomic E-state index is 5.42. The minimum Gasteiger partial charge on any atom is -0.379 e. The van der Waals surface area contributed by atoms with Crippen molar-refractivity contribution < 1.29 is 4.74 Å². The summed E-state index contributed by atoms with van der Waals surface area (Å²) < 4.78 is 5.42. The Balaban J connectivity index is 0.00000324. The molecule has 1 rings (SSSR count). The fraction of sp³-hybridized carbons (Fsp3) is 0.923. The van der Waals surface area contributed by atoms with Crippen molar-refractivity contribution >= 4 is 29.9 Å². The standard InChI is InChI=1S/C13H28N4O.HI/c1-11(2)9-12(10-16-13(14-3)15-4)17-5-7-18-8-6-17;/h11-12H,5-10H2,1-4H3,(H2,14,15,16);1H. The van der Waals surface area contributed by atoms with Crippen molar-refractivity contribution in [3.05, 3.63) is 0 Å². The van der Waals surface area contributed by atoms with Crippen molar-refractivity contribution in [3.8, 4) is 0 Å². The van der Waals surface area contributed by atoms with Gasteiger partial charge in [-0.05, 0) is 12.3 Å². The third-order valence-corrected chi connectivity index (χ3v) is 3.27. The van der Waals surface area contributed by atoms with Crippen molar-refractivity contribution in [2.45, 2.75) is 26.3 Å². The molecule has 1 aliphatic heterocycles. The van der Waals surface area contributed by atoms with Gasteiger partial charge < -0.3 is 15.4 Å². The van der Waals surface area contributed by atoms with E-state index in [1.54, 1.807) is 7.05 Å². The molecular weight excluding hydrogens is 355 g/mol. The molecule has 1 fully saturated rings. The summed E-state index contributed by atoms with van der Waals surface area (Å²) in [6.45, 7) is 9.28. The lowest BCUT2D eigenvalue weighted by molar-refractivity contribution is 0.0132. The van der Waals surface area contributed by atoms with Gasteiger partial charge in [-0.3, -0.25) is 9.89 Å². The molecule has 114 valence electrons. The van der Waals surface area contributed by atoms with Crippen molar-refractivity contribution in [2.24, 2.45) is 10.9 Å². The molecule has 0 bridgehead atoms. The van der Waals surface area contributed by atoms with E-state index in [0.29, 0.717) is 12.0 Å². The van der Waals surface area contributed by atoms with E-state index in [1.165, 1.54) is 6.42 Å². The highest BCUT2D eigenvalue weighted by atomic mass is 127. The molecule has 19 heavy (non-hydrogen) atoms. The molecule has 1 aliphatic rings. The summed E-state index contributed by atoms with van der Waals surface area (Å²) in [6, 6.07) is 0.555. The van der Waals surface area contributed by atoms with Crippen LogP contribution >= 0.6 is 24.0 Å². The van der Waals surface area contributed by atoms with Gasteiger partial charge in [0.05, 0.1) is 13.2 Å². The van der Waals surface area contributed by atoms with Gasteiger partial charge in [0.25, 0.3) is 0 Å². The second-order valence-electron chi connectivity index (χ2n) is 5.13. The van der Waals surface area contributed by atoms with Crippen LogP contribution in [0.5, 0.6) is 0 Å². The van der Waals surface area contributed by atoms with Crippen LogP contribution in [0.2, 0.25) is 0 Å². The summed E-state index contributed by atoms with van der Waals surface area (Å²) >= 11 is 0. The molecule has 1 unspecified atom stereocenters. The van der Waals surface area contributed by atoms with Crippen molar-refractivity contribution in [1.29, 1.82) is 0 Å². The molecule has 0 aromatic heterocycles. The average Bonchev–Trinajstić information content (AvgIpc) is 2.39. The van der Waals surface area contributed by atoms with Crippen LogP contribution in [0.15, 0.2) is 4.99 Å². The zero-order chi connectivity index (χ0) is 13.4. The molecule has 0 saturated carbocycles. The first-order valence-corrected chi connectivity index (χ1v) is 6.87. The van der Waals surface area contributed by atoms with Gasteiger partial charge in [0, 0.05) is 39.8 Å². The number of morpholine rings is 1. The van der Waals surface area contributed by atoms with E-state index in [2.05, 4.69) is 34.4 Å². The van der Waals surface area contributed by atoms with Crippen LogP contribution < -0.4 is 10.6 Å². The molecule has 0 spiro atoms. The molecule has 1 heterocycles. The Morgan fingerprint density at radius 1 is 1.32 bits per heavy atom. The van der Waals surface area contributed by atoms with E-state index < -0.39 is 0 Å². The Morgan fingerprint density at radius 3 is 2.42 bits per heavy atom. The Kier molecular flexibility index (Phi) is 10.6. The van der Waals surface area contributed by atoms with E-state index in [4.69, 9.17) is 4.74 Å². The number of hydrogen-bond acceptors (Lipinski definition) is 3. The number of aliphatic imine (C=N–C) groups is 1. The summed E-state index contributed by atoms with van der Waals surface area (Å²) in [6.07, 6.45) is 1.20. The predicted molar refractivity (Wildman–Crippen MR) is 91.5 cm³/mol. The van der Waals surface area contributed by atoms with Gasteiger partial charge in [-0.25, -0.2) is 0 Å². The average molecular weight is 384 g/mol. The van der Waals surface area contributed by atoms with E-state index >= 15 is 0 Å². The molecule has 0 aromatic rings. The Morgan fingerprint density at radius 2 is 1.95 bits per heavy atom. The molecule has 1 saturated heterocycles. The SMILES string of the molecule is CN=C(NC)NCC(CC(C)C)N1CCOCC1.I. The summed E-state index contributed by atoms with van der Waals surface area (Å²) in [4.78, 5) is 6.68. The third-order valence-electron chi connectivity index (χ3n) is 3.27. The lowest BCUT2D eigenvalue weighted by Gasteiger charge is -2.35. The second-order valence-corrected chi connectivity index (χ2v) is 5.13. The number of guanidine groups is 1. The number of nitrogens with one attached hydrogen (secondary N) is 2. The monoisotopic (exact) mass is 384 g/mol. The maximum atomic E-state index is 5.42. The first-order valence-electron chi connectivity index (χ1n) is 6.87. The Bertz CT molecular complexity index is 255. The van der Waals surface area contributed by atoms with Crippen LogP contribution in [0, 0.1) is 5.92 Å². The molecule has 5 nitrogen and oxygen atoms in total. The number of halogens is 1. The van der Waals surface area contributed by atoms with Gasteiger partial charge in [-0.1, -0.05) is 13.8 Å². The van der Waals surface area contributed by atoms with Gasteiger partial charge in [-0.15, -0.1) is 24.0 Å². The third kappa shape index (κ3) is 7.31. The van der Waals surface area contributed by atoms with Crippen molar-refractivity contribution in [3.63, 3.8) is 0 Å². The van der Waals surface area contributed by atoms with Crippen LogP contribution in [0.1, 0.15) is 20.3 Å². The number of nitrogens with zero attached hydrogens (tertiary/aromatic N) is 2. The second kappa shape index (κ2) is 10.7. The maximum Gasteiger partial charge on any atom is 0.190 e. The molecule has 6 heteroatoms. The molecule has 0 aromatic carbocycles. The topological polar surface area (TPSA) is 48.9 Å². The normalized spacial score (nSPS) is 18.9. The molecule has 0 amide bonds. The van der Waals surface area contributed by atoms with Gasteiger partial charge in [0.1, 0.15) is 0 Å². The highest BCUT2D eigenvalue weighted by Crippen LogP contribution is 2.12. The van der Waals surface area contributed by atoms with Gasteiger partial charge in [0.15, 0.2) is 5.96 Å². The van der Waals surface area contributed by atoms with Crippen LogP contribution in [0.4, 0.5) is 0 Å². The summed E-state index contributed by atoms with van der Waals surface area (Å²) in [5, 5.41) is 6.44. The molecule has 2 N–H and O–H groups in total. The molecule has 0 radical (unpaired) electrons. The quantitative estimate of drug-likeness (QED) is 0.424. The smallest absolute Gasteiger partial charge is 0.190 e. The highest BCUT2D eigenvalue weighted by molar-refractivity contribution is 14.0. The minimum absolute atomic E-state index is 0. The first-order chi connectivity index (χ1) is 8.67. The number of ether oxygens (including phenoxy) is 1. The first kappa shape index (κ1) is 18.9. The van der Waals surface area contributed by atoms with Gasteiger partial charge in [-0.2, -0.15) is 0 Å². The zero-order valence-electron chi connectivity index (χ0n) is 12.6. The molecular formula is C13H29IN4O. The lowest BCUT2D eigenvalue weighted by Crippen LogP contribution is -2.50. The highest BCUT2D eigenvalue weighted by Gasteiger charge is 2.21. The fourth-order valence-electron chi connectivity index (χ4n) is 2.34. The summed E-state index contributed by atoms with van der Waals surface area (Å²) in [5.41, 5.74) is 0. The van der Waals surface area contributed by atoms with Crippen molar-refractivity contribution in [2.75, 3.05) is 46.9 Å². The van der Waals surface area contributed by atoms with Crippen LogP contribution in [0.3, 0.4) is 0 Å². The van der Waals surface area contributed by atoms with E-state index in [-0.39, 0.29) is 24.0 Å². The number of hydrogen-bond donors (Lipinski definition) is 2. The van der Waals surface area contributed by atoms with Crippen molar-refractivity contribution in [1.82, 2.24) is 15.5 Å². The predicted octanol–water partition coefficient (Wildman–Crippen LogP) is 1.15. The molecule has 1 atom stereocenters. The van der Waals surface area contributed by atoms with E-state index in [9.17, 15) is 0 Å². The molecule has 0 aliphatic carbocycles. The summed E-state index contributed by atoms with van der Waals surface area (Å²) in [7, 11) is 3.69. The van der Waals surface area contributed by atoms with Gasteiger partial charge in [0.2, 0.25) is 0 Å². The van der Waals surface area contributed by atoms with Gasteiger partial charge >= 0.3 is 0 Å².